The number of carboxylic acids is 1. The van der Waals surface area contributed by atoms with Gasteiger partial charge < -0.3 is 5.11 Å². The fourth-order valence-electron chi connectivity index (χ4n) is 2.58. The highest BCUT2D eigenvalue weighted by molar-refractivity contribution is 6.14. The summed E-state index contributed by atoms with van der Waals surface area (Å²) in [7, 11) is 0. The van der Waals surface area contributed by atoms with Gasteiger partial charge in [0.2, 0.25) is 5.92 Å². The largest absolute Gasteiger partial charge is 0.478 e. The molecular weight excluding hydrogens is 301 g/mol. The van der Waals surface area contributed by atoms with Crippen molar-refractivity contribution in [3.8, 4) is 0 Å². The van der Waals surface area contributed by atoms with E-state index >= 15 is 0 Å². The molecule has 0 bridgehead atoms. The van der Waals surface area contributed by atoms with Gasteiger partial charge in [0, 0.05) is 24.8 Å². The number of benzene rings is 1. The van der Waals surface area contributed by atoms with Gasteiger partial charge >= 0.3 is 5.97 Å². The van der Waals surface area contributed by atoms with Crippen molar-refractivity contribution in [2.24, 2.45) is 11.0 Å². The van der Waals surface area contributed by atoms with Crippen molar-refractivity contribution in [1.29, 1.82) is 0 Å². The van der Waals surface area contributed by atoms with Crippen molar-refractivity contribution in [1.82, 2.24) is 0 Å². The van der Waals surface area contributed by atoms with Crippen molar-refractivity contribution in [3.63, 3.8) is 0 Å². The maximum Gasteiger partial charge on any atom is 0.338 e. The molecule has 2 aliphatic rings. The first-order chi connectivity index (χ1) is 10.3. The van der Waals surface area contributed by atoms with Crippen molar-refractivity contribution >= 4 is 23.3 Å². The smallest absolute Gasteiger partial charge is 0.338 e. The molecule has 22 heavy (non-hydrogen) atoms. The van der Waals surface area contributed by atoms with E-state index in [0.29, 0.717) is 5.71 Å². The molecule has 3 rings (SSSR count). The van der Waals surface area contributed by atoms with E-state index in [1.165, 1.54) is 6.07 Å². The maximum absolute atomic E-state index is 13.6. The lowest BCUT2D eigenvalue weighted by Crippen LogP contribution is -2.39. The van der Waals surface area contributed by atoms with Gasteiger partial charge in [0.05, 0.1) is 23.4 Å². The van der Waals surface area contributed by atoms with Crippen molar-refractivity contribution in [2.75, 3.05) is 5.01 Å². The van der Waals surface area contributed by atoms with Crippen LogP contribution in [0.5, 0.6) is 0 Å². The normalized spacial score (nSPS) is 20.8. The standard InChI is InChI=1S/C14H11F3N2O3/c15-10-3-8(1-2-9(10)13(21)22)19-12(20)4-11(18-19)7-5-14(16,17)6-7/h1-3,7H,4-6H2,(H,21,22). The predicted molar refractivity (Wildman–Crippen MR) is 70.6 cm³/mol. The fourth-order valence-corrected chi connectivity index (χ4v) is 2.58. The number of halogens is 3. The first kappa shape index (κ1) is 14.6. The summed E-state index contributed by atoms with van der Waals surface area (Å²) >= 11 is 0. The minimum absolute atomic E-state index is 0.0774. The van der Waals surface area contributed by atoms with E-state index in [2.05, 4.69) is 5.10 Å². The van der Waals surface area contributed by atoms with E-state index < -0.39 is 35.1 Å². The summed E-state index contributed by atoms with van der Waals surface area (Å²) < 4.78 is 39.4. The van der Waals surface area contributed by atoms with Crippen molar-refractivity contribution in [3.05, 3.63) is 29.6 Å². The van der Waals surface area contributed by atoms with E-state index in [1.807, 2.05) is 0 Å². The van der Waals surface area contributed by atoms with Gasteiger partial charge in [0.15, 0.2) is 0 Å². The lowest BCUT2D eigenvalue weighted by molar-refractivity contribution is -0.117. The van der Waals surface area contributed by atoms with Gasteiger partial charge in [0.25, 0.3) is 5.91 Å². The predicted octanol–water partition coefficient (Wildman–Crippen LogP) is 2.66. The van der Waals surface area contributed by atoms with Crippen LogP contribution < -0.4 is 5.01 Å². The Morgan fingerprint density at radius 3 is 2.59 bits per heavy atom. The number of rotatable bonds is 3. The van der Waals surface area contributed by atoms with Gasteiger partial charge in [-0.25, -0.2) is 23.0 Å². The van der Waals surface area contributed by atoms with E-state index in [-0.39, 0.29) is 24.9 Å². The number of carboxylic acid groups (broad SMARTS) is 1. The highest BCUT2D eigenvalue weighted by atomic mass is 19.3. The molecule has 1 aromatic rings. The molecule has 0 spiro atoms. The summed E-state index contributed by atoms with van der Waals surface area (Å²) in [6, 6.07) is 3.18. The summed E-state index contributed by atoms with van der Waals surface area (Å²) in [4.78, 5) is 22.7. The summed E-state index contributed by atoms with van der Waals surface area (Å²) in [5, 5.41) is 13.7. The second-order valence-electron chi connectivity index (χ2n) is 5.40. The number of carbonyl (C=O) groups excluding carboxylic acids is 1. The topological polar surface area (TPSA) is 70.0 Å². The molecule has 116 valence electrons. The maximum atomic E-state index is 13.6. The first-order valence-corrected chi connectivity index (χ1v) is 6.58. The minimum atomic E-state index is -2.71. The number of anilines is 1. The summed E-state index contributed by atoms with van der Waals surface area (Å²) in [5.41, 5.74) is -0.0783. The average molecular weight is 312 g/mol. The Morgan fingerprint density at radius 2 is 2.05 bits per heavy atom. The molecule has 0 aromatic heterocycles. The van der Waals surface area contributed by atoms with Crippen molar-refractivity contribution in [2.45, 2.75) is 25.2 Å². The highest BCUT2D eigenvalue weighted by Gasteiger charge is 2.49. The van der Waals surface area contributed by atoms with Crippen LogP contribution in [0, 0.1) is 11.7 Å². The number of carbonyl (C=O) groups is 2. The number of nitrogens with zero attached hydrogens (tertiary/aromatic N) is 2. The third-order valence-corrected chi connectivity index (χ3v) is 3.79. The van der Waals surface area contributed by atoms with Gasteiger partial charge in [-0.15, -0.1) is 0 Å². The number of amides is 1. The van der Waals surface area contributed by atoms with Gasteiger partial charge in [-0.1, -0.05) is 0 Å². The van der Waals surface area contributed by atoms with Gasteiger partial charge in [-0.05, 0) is 12.1 Å². The molecule has 1 amide bonds. The first-order valence-electron chi connectivity index (χ1n) is 6.58. The van der Waals surface area contributed by atoms with Gasteiger partial charge in [-0.2, -0.15) is 5.10 Å². The highest BCUT2D eigenvalue weighted by Crippen LogP contribution is 2.44. The van der Waals surface area contributed by atoms with E-state index in [9.17, 15) is 22.8 Å². The minimum Gasteiger partial charge on any atom is -0.478 e. The number of hydrogen-bond acceptors (Lipinski definition) is 3. The lowest BCUT2D eigenvalue weighted by atomic mass is 9.77. The molecule has 1 aliphatic heterocycles. The SMILES string of the molecule is O=C(O)c1ccc(N2N=C(C3CC(F)(F)C3)CC2=O)cc1F. The molecule has 1 saturated carbocycles. The quantitative estimate of drug-likeness (QED) is 0.933. The van der Waals surface area contributed by atoms with E-state index in [0.717, 1.165) is 17.1 Å². The molecule has 1 aromatic carbocycles. The van der Waals surface area contributed by atoms with Crippen LogP contribution in [0.2, 0.25) is 0 Å². The molecule has 1 N–H and O–H groups in total. The molecule has 8 heteroatoms. The molecule has 1 fully saturated rings. The van der Waals surface area contributed by atoms with Crippen LogP contribution in [0.1, 0.15) is 29.6 Å². The average Bonchev–Trinajstić information content (AvgIpc) is 2.77. The molecule has 0 saturated heterocycles. The number of alkyl halides is 2. The summed E-state index contributed by atoms with van der Waals surface area (Å²) in [6.07, 6.45) is -0.748. The van der Waals surface area contributed by atoms with Crippen LogP contribution in [0.3, 0.4) is 0 Å². The Hall–Kier alpha value is -2.38. The zero-order valence-corrected chi connectivity index (χ0v) is 11.2. The zero-order valence-electron chi connectivity index (χ0n) is 11.2. The number of hydrogen-bond donors (Lipinski definition) is 1. The molecule has 5 nitrogen and oxygen atoms in total. The van der Waals surface area contributed by atoms with Crippen LogP contribution >= 0.6 is 0 Å². The Bertz CT molecular complexity index is 695. The van der Waals surface area contributed by atoms with Gasteiger partial charge in [-0.3, -0.25) is 4.79 Å². The summed E-state index contributed by atoms with van der Waals surface area (Å²) in [5.74, 6) is -6.01. The van der Waals surface area contributed by atoms with Crippen LogP contribution in [0.4, 0.5) is 18.9 Å². The van der Waals surface area contributed by atoms with Crippen LogP contribution in [0.25, 0.3) is 0 Å². The Labute approximate surface area is 123 Å². The molecular formula is C14H11F3N2O3. The van der Waals surface area contributed by atoms with Crippen LogP contribution in [-0.2, 0) is 4.79 Å². The molecule has 1 heterocycles. The van der Waals surface area contributed by atoms with Crippen LogP contribution in [0.15, 0.2) is 23.3 Å². The Kier molecular flexibility index (Phi) is 3.19. The fraction of sp³-hybridized carbons (Fsp3) is 0.357. The van der Waals surface area contributed by atoms with Crippen LogP contribution in [-0.4, -0.2) is 28.6 Å². The Morgan fingerprint density at radius 1 is 1.36 bits per heavy atom. The third-order valence-electron chi connectivity index (χ3n) is 3.79. The van der Waals surface area contributed by atoms with E-state index in [1.54, 1.807) is 0 Å². The summed E-state index contributed by atoms with van der Waals surface area (Å²) in [6.45, 7) is 0. The molecule has 1 aliphatic carbocycles. The second-order valence-corrected chi connectivity index (χ2v) is 5.40. The Balaban J connectivity index is 1.83. The second kappa shape index (κ2) is 4.82. The number of aromatic carboxylic acids is 1. The molecule has 0 radical (unpaired) electrons. The van der Waals surface area contributed by atoms with Gasteiger partial charge in [0.1, 0.15) is 5.82 Å². The van der Waals surface area contributed by atoms with Crippen molar-refractivity contribution < 1.29 is 27.9 Å². The lowest BCUT2D eigenvalue weighted by Gasteiger charge is -2.34. The monoisotopic (exact) mass is 312 g/mol. The third kappa shape index (κ3) is 2.44. The molecule has 0 unspecified atom stereocenters. The van der Waals surface area contributed by atoms with E-state index in [4.69, 9.17) is 5.11 Å². The molecule has 0 atom stereocenters. The zero-order chi connectivity index (χ0) is 16.1. The number of hydrazone groups is 1.